The van der Waals surface area contributed by atoms with E-state index in [0.717, 1.165) is 17.5 Å². The molecule has 2 aromatic rings. The van der Waals surface area contributed by atoms with Gasteiger partial charge in [0, 0.05) is 17.6 Å². The van der Waals surface area contributed by atoms with E-state index in [2.05, 4.69) is 17.4 Å². The van der Waals surface area contributed by atoms with Crippen molar-refractivity contribution in [2.45, 2.75) is 25.4 Å². The predicted molar refractivity (Wildman–Crippen MR) is 81.9 cm³/mol. The van der Waals surface area contributed by atoms with Gasteiger partial charge in [0.25, 0.3) is 0 Å². The number of phenolic OH excluding ortho intramolecular Hbond substituents is 1. The van der Waals surface area contributed by atoms with Gasteiger partial charge in [-0.05, 0) is 54.2 Å². The average Bonchev–Trinajstić information content (AvgIpc) is 3.28. The van der Waals surface area contributed by atoms with Crippen molar-refractivity contribution in [1.82, 2.24) is 5.32 Å². The van der Waals surface area contributed by atoms with E-state index in [4.69, 9.17) is 11.6 Å². The van der Waals surface area contributed by atoms with Gasteiger partial charge in [0.15, 0.2) is 0 Å². The van der Waals surface area contributed by atoms with Gasteiger partial charge in [-0.15, -0.1) is 0 Å². The minimum atomic E-state index is 0.310. The average molecular weight is 288 g/mol. The highest BCUT2D eigenvalue weighted by molar-refractivity contribution is 6.30. The Morgan fingerprint density at radius 2 is 1.70 bits per heavy atom. The van der Waals surface area contributed by atoms with Gasteiger partial charge in [-0.25, -0.2) is 0 Å². The molecule has 0 radical (unpaired) electrons. The third-order valence-corrected chi connectivity index (χ3v) is 4.04. The molecule has 0 aromatic heterocycles. The van der Waals surface area contributed by atoms with Gasteiger partial charge in [0.2, 0.25) is 0 Å². The summed E-state index contributed by atoms with van der Waals surface area (Å²) in [6, 6.07) is 15.9. The van der Waals surface area contributed by atoms with Gasteiger partial charge >= 0.3 is 0 Å². The Morgan fingerprint density at radius 1 is 1.05 bits per heavy atom. The first-order chi connectivity index (χ1) is 9.72. The van der Waals surface area contributed by atoms with Crippen molar-refractivity contribution < 1.29 is 5.11 Å². The van der Waals surface area contributed by atoms with Crippen molar-refractivity contribution in [2.24, 2.45) is 5.92 Å². The molecule has 0 heterocycles. The fourth-order valence-electron chi connectivity index (χ4n) is 2.50. The van der Waals surface area contributed by atoms with Gasteiger partial charge in [-0.2, -0.15) is 0 Å². The lowest BCUT2D eigenvalue weighted by molar-refractivity contribution is 0.471. The molecule has 0 bridgehead atoms. The summed E-state index contributed by atoms with van der Waals surface area (Å²) in [5.41, 5.74) is 2.48. The van der Waals surface area contributed by atoms with Crippen LogP contribution in [0.2, 0.25) is 5.02 Å². The summed E-state index contributed by atoms with van der Waals surface area (Å²) >= 11 is 5.96. The van der Waals surface area contributed by atoms with Gasteiger partial charge in [-0.3, -0.25) is 0 Å². The Kier molecular flexibility index (Phi) is 3.95. The maximum atomic E-state index is 9.30. The minimum Gasteiger partial charge on any atom is -0.508 e. The number of benzene rings is 2. The Bertz CT molecular complexity index is 561. The van der Waals surface area contributed by atoms with E-state index in [1.54, 1.807) is 12.1 Å². The molecule has 0 amide bonds. The summed E-state index contributed by atoms with van der Waals surface area (Å²) in [6.45, 7) is 0.810. The number of phenols is 1. The van der Waals surface area contributed by atoms with Crippen LogP contribution in [-0.2, 0) is 6.54 Å². The van der Waals surface area contributed by atoms with E-state index in [0.29, 0.717) is 11.8 Å². The van der Waals surface area contributed by atoms with Crippen molar-refractivity contribution in [1.29, 1.82) is 0 Å². The molecule has 3 rings (SSSR count). The van der Waals surface area contributed by atoms with Crippen LogP contribution in [0.5, 0.6) is 5.75 Å². The van der Waals surface area contributed by atoms with Crippen molar-refractivity contribution in [3.8, 4) is 5.75 Å². The van der Waals surface area contributed by atoms with Crippen LogP contribution in [0, 0.1) is 5.92 Å². The van der Waals surface area contributed by atoms with Crippen LogP contribution in [0.25, 0.3) is 0 Å². The lowest BCUT2D eigenvalue weighted by Gasteiger charge is -2.19. The SMILES string of the molecule is Oc1ccc(CNC(c2ccc(Cl)cc2)C2CC2)cc1. The molecule has 0 spiro atoms. The maximum Gasteiger partial charge on any atom is 0.115 e. The largest absolute Gasteiger partial charge is 0.508 e. The molecule has 0 saturated heterocycles. The van der Waals surface area contributed by atoms with Crippen LogP contribution in [0.3, 0.4) is 0 Å². The Hall–Kier alpha value is -1.51. The molecule has 1 aliphatic carbocycles. The quantitative estimate of drug-likeness (QED) is 0.860. The zero-order chi connectivity index (χ0) is 13.9. The van der Waals surface area contributed by atoms with Crippen LogP contribution in [0.4, 0.5) is 0 Å². The summed E-state index contributed by atoms with van der Waals surface area (Å²) in [5, 5.41) is 13.7. The molecule has 1 atom stereocenters. The standard InChI is InChI=1S/C17H18ClNO/c18-15-7-5-14(6-8-15)17(13-3-4-13)19-11-12-1-9-16(20)10-2-12/h1-2,5-10,13,17,19-20H,3-4,11H2. The number of rotatable bonds is 5. The van der Waals surface area contributed by atoms with Crippen molar-refractivity contribution in [3.05, 3.63) is 64.7 Å². The van der Waals surface area contributed by atoms with Crippen molar-refractivity contribution >= 4 is 11.6 Å². The van der Waals surface area contributed by atoms with E-state index >= 15 is 0 Å². The maximum absolute atomic E-state index is 9.30. The zero-order valence-electron chi connectivity index (χ0n) is 11.2. The topological polar surface area (TPSA) is 32.3 Å². The third-order valence-electron chi connectivity index (χ3n) is 3.78. The molecular weight excluding hydrogens is 270 g/mol. The molecule has 1 aliphatic rings. The molecule has 20 heavy (non-hydrogen) atoms. The lowest BCUT2D eigenvalue weighted by atomic mass is 10.0. The summed E-state index contributed by atoms with van der Waals surface area (Å²) in [6.07, 6.45) is 2.58. The van der Waals surface area contributed by atoms with E-state index < -0.39 is 0 Å². The fourth-order valence-corrected chi connectivity index (χ4v) is 2.62. The number of nitrogens with one attached hydrogen (secondary N) is 1. The van der Waals surface area contributed by atoms with Crippen LogP contribution < -0.4 is 5.32 Å². The normalized spacial score (nSPS) is 16.1. The highest BCUT2D eigenvalue weighted by Crippen LogP contribution is 2.41. The Morgan fingerprint density at radius 3 is 2.30 bits per heavy atom. The fraction of sp³-hybridized carbons (Fsp3) is 0.294. The third kappa shape index (κ3) is 3.33. The summed E-state index contributed by atoms with van der Waals surface area (Å²) < 4.78 is 0. The zero-order valence-corrected chi connectivity index (χ0v) is 12.0. The van der Waals surface area contributed by atoms with Gasteiger partial charge in [-0.1, -0.05) is 35.9 Å². The molecule has 2 N–H and O–H groups in total. The first kappa shape index (κ1) is 13.5. The summed E-state index contributed by atoms with van der Waals surface area (Å²) in [7, 11) is 0. The summed E-state index contributed by atoms with van der Waals surface area (Å²) in [4.78, 5) is 0. The van der Waals surface area contributed by atoms with Gasteiger partial charge in [0.1, 0.15) is 5.75 Å². The van der Waals surface area contributed by atoms with Gasteiger partial charge < -0.3 is 10.4 Å². The molecule has 1 fully saturated rings. The number of aromatic hydroxyl groups is 1. The van der Waals surface area contributed by atoms with Crippen molar-refractivity contribution in [3.63, 3.8) is 0 Å². The first-order valence-electron chi connectivity index (χ1n) is 6.99. The van der Waals surface area contributed by atoms with Crippen LogP contribution in [0.15, 0.2) is 48.5 Å². The number of halogens is 1. The highest BCUT2D eigenvalue weighted by Gasteiger charge is 2.31. The molecule has 104 valence electrons. The molecular formula is C17H18ClNO. The van der Waals surface area contributed by atoms with Crippen molar-refractivity contribution in [2.75, 3.05) is 0 Å². The number of hydrogen-bond acceptors (Lipinski definition) is 2. The van der Waals surface area contributed by atoms with Crippen LogP contribution in [-0.4, -0.2) is 5.11 Å². The first-order valence-corrected chi connectivity index (χ1v) is 7.37. The van der Waals surface area contributed by atoms with E-state index in [1.165, 1.54) is 24.0 Å². The van der Waals surface area contributed by atoms with E-state index in [1.807, 2.05) is 24.3 Å². The molecule has 2 nitrogen and oxygen atoms in total. The Balaban J connectivity index is 1.68. The lowest BCUT2D eigenvalue weighted by Crippen LogP contribution is -2.22. The van der Waals surface area contributed by atoms with Crippen LogP contribution in [0.1, 0.15) is 30.0 Å². The van der Waals surface area contributed by atoms with Gasteiger partial charge in [0.05, 0.1) is 0 Å². The molecule has 0 aliphatic heterocycles. The predicted octanol–water partition coefficient (Wildman–Crippen LogP) is 4.29. The van der Waals surface area contributed by atoms with E-state index in [9.17, 15) is 5.11 Å². The molecule has 3 heteroatoms. The Labute approximate surface area is 124 Å². The second-order valence-electron chi connectivity index (χ2n) is 5.41. The monoisotopic (exact) mass is 287 g/mol. The minimum absolute atomic E-state index is 0.310. The summed E-state index contributed by atoms with van der Waals surface area (Å²) in [5.74, 6) is 1.04. The molecule has 2 aromatic carbocycles. The van der Waals surface area contributed by atoms with E-state index in [-0.39, 0.29) is 0 Å². The second-order valence-corrected chi connectivity index (χ2v) is 5.85. The molecule has 1 saturated carbocycles. The second kappa shape index (κ2) is 5.86. The highest BCUT2D eigenvalue weighted by atomic mass is 35.5. The number of hydrogen-bond donors (Lipinski definition) is 2. The smallest absolute Gasteiger partial charge is 0.115 e. The molecule has 1 unspecified atom stereocenters. The van der Waals surface area contributed by atoms with Crippen LogP contribution >= 0.6 is 11.6 Å².